The lowest BCUT2D eigenvalue weighted by atomic mass is 10.3. The Hall–Kier alpha value is -0.130. The summed E-state index contributed by atoms with van der Waals surface area (Å²) in [6.07, 6.45) is 0. The molecule has 0 aromatic rings. The van der Waals surface area contributed by atoms with Crippen LogP contribution < -0.4 is 17.0 Å². The molecule has 1 aliphatic rings. The lowest BCUT2D eigenvalue weighted by molar-refractivity contribution is -0.862. The highest BCUT2D eigenvalue weighted by molar-refractivity contribution is 5.77. The van der Waals surface area contributed by atoms with E-state index in [-0.39, 0.29) is 22.9 Å². The highest BCUT2D eigenvalue weighted by Crippen LogP contribution is 2.00. The number of nitrogens with zero attached hydrogens (tertiary/aromatic N) is 2. The van der Waals surface area contributed by atoms with E-state index in [4.69, 9.17) is 4.74 Å². The van der Waals surface area contributed by atoms with Gasteiger partial charge in [0.25, 0.3) is 5.91 Å². The van der Waals surface area contributed by atoms with E-state index in [1.54, 1.807) is 0 Å². The molecule has 0 aromatic carbocycles. The highest BCUT2D eigenvalue weighted by Gasteiger charge is 2.22. The molecular weight excluding hydrogens is 248 g/mol. The van der Waals surface area contributed by atoms with Gasteiger partial charge in [-0.25, -0.2) is 0 Å². The van der Waals surface area contributed by atoms with Gasteiger partial charge in [0.1, 0.15) is 0 Å². The summed E-state index contributed by atoms with van der Waals surface area (Å²) in [7, 11) is 6.08. The van der Waals surface area contributed by atoms with Crippen molar-refractivity contribution in [1.82, 2.24) is 4.90 Å². The van der Waals surface area contributed by atoms with Crippen molar-refractivity contribution in [1.29, 1.82) is 0 Å². The van der Waals surface area contributed by atoms with Gasteiger partial charge in [-0.15, -0.1) is 0 Å². The largest absolute Gasteiger partial charge is 1.00 e. The summed E-state index contributed by atoms with van der Waals surface area (Å²) in [4.78, 5) is 13.6. The first-order chi connectivity index (χ1) is 5.99. The highest BCUT2D eigenvalue weighted by atomic mass is 79.9. The maximum atomic E-state index is 11.7. The van der Waals surface area contributed by atoms with E-state index in [9.17, 15) is 4.79 Å². The number of rotatable bonds is 2. The lowest BCUT2D eigenvalue weighted by Crippen LogP contribution is -3.00. The third-order valence-electron chi connectivity index (χ3n) is 1.97. The first-order valence-corrected chi connectivity index (χ1v) is 4.65. The van der Waals surface area contributed by atoms with Crippen molar-refractivity contribution in [2.24, 2.45) is 0 Å². The van der Waals surface area contributed by atoms with Gasteiger partial charge in [0, 0.05) is 13.1 Å². The molecule has 1 saturated heterocycles. The molecule has 1 rings (SSSR count). The monoisotopic (exact) mass is 266 g/mol. The molecule has 0 atom stereocenters. The van der Waals surface area contributed by atoms with Gasteiger partial charge in [-0.1, -0.05) is 0 Å². The van der Waals surface area contributed by atoms with Crippen molar-refractivity contribution in [2.45, 2.75) is 0 Å². The van der Waals surface area contributed by atoms with Crippen LogP contribution >= 0.6 is 0 Å². The molecule has 0 bridgehead atoms. The topological polar surface area (TPSA) is 29.5 Å². The third-order valence-corrected chi connectivity index (χ3v) is 1.97. The minimum Gasteiger partial charge on any atom is -1.00 e. The van der Waals surface area contributed by atoms with Crippen molar-refractivity contribution < 1.29 is 31.0 Å². The van der Waals surface area contributed by atoms with Crippen molar-refractivity contribution in [3.05, 3.63) is 0 Å². The number of halogens is 1. The Kier molecular flexibility index (Phi) is 5.63. The van der Waals surface area contributed by atoms with Gasteiger partial charge in [0.05, 0.1) is 34.4 Å². The summed E-state index contributed by atoms with van der Waals surface area (Å²) in [5.74, 6) is 0.232. The number of ether oxygens (including phenoxy) is 1. The molecule has 14 heavy (non-hydrogen) atoms. The summed E-state index contributed by atoms with van der Waals surface area (Å²) in [5.41, 5.74) is 0. The first kappa shape index (κ1) is 13.9. The number of carbonyl (C=O) groups excluding carboxylic acids is 1. The van der Waals surface area contributed by atoms with Crippen LogP contribution in [0.4, 0.5) is 0 Å². The second-order valence-electron chi connectivity index (χ2n) is 4.44. The second kappa shape index (κ2) is 5.68. The summed E-state index contributed by atoms with van der Waals surface area (Å²) in [6, 6.07) is 0. The molecule has 1 amide bonds. The zero-order chi connectivity index (χ0) is 9.90. The minimum absolute atomic E-state index is 0. The second-order valence-corrected chi connectivity index (χ2v) is 4.44. The number of morpholine rings is 1. The molecule has 4 nitrogen and oxygen atoms in total. The van der Waals surface area contributed by atoms with Crippen LogP contribution in [0.3, 0.4) is 0 Å². The molecule has 1 aliphatic heterocycles. The molecule has 0 N–H and O–H groups in total. The number of likely N-dealkylation sites (N-methyl/N-ethyl adjacent to an activating group) is 1. The van der Waals surface area contributed by atoms with E-state index < -0.39 is 0 Å². The minimum atomic E-state index is 0. The van der Waals surface area contributed by atoms with E-state index >= 15 is 0 Å². The number of carbonyl (C=O) groups is 1. The van der Waals surface area contributed by atoms with Crippen LogP contribution in [-0.2, 0) is 9.53 Å². The molecule has 0 aromatic heterocycles. The number of hydrogen-bond acceptors (Lipinski definition) is 2. The van der Waals surface area contributed by atoms with Crippen LogP contribution in [0.15, 0.2) is 0 Å². The van der Waals surface area contributed by atoms with Gasteiger partial charge in [0.2, 0.25) is 0 Å². The van der Waals surface area contributed by atoms with Crippen LogP contribution in [-0.4, -0.2) is 69.3 Å². The van der Waals surface area contributed by atoms with Crippen molar-refractivity contribution in [3.8, 4) is 0 Å². The normalized spacial score (nSPS) is 17.5. The van der Waals surface area contributed by atoms with Crippen LogP contribution in [0.25, 0.3) is 0 Å². The Labute approximate surface area is 96.2 Å². The maximum absolute atomic E-state index is 11.7. The number of quaternary nitrogens is 1. The summed E-state index contributed by atoms with van der Waals surface area (Å²) in [5, 5.41) is 0. The SMILES string of the molecule is C[N+](C)(C)CC(=O)N1CCOCC1.[Br-]. The quantitative estimate of drug-likeness (QED) is 0.487. The van der Waals surface area contributed by atoms with E-state index in [1.165, 1.54) is 0 Å². The van der Waals surface area contributed by atoms with E-state index in [0.717, 1.165) is 13.1 Å². The summed E-state index contributed by atoms with van der Waals surface area (Å²) < 4.78 is 5.87. The van der Waals surface area contributed by atoms with Crippen LogP contribution in [0.1, 0.15) is 0 Å². The summed E-state index contributed by atoms with van der Waals surface area (Å²) in [6.45, 7) is 3.43. The zero-order valence-electron chi connectivity index (χ0n) is 9.12. The smallest absolute Gasteiger partial charge is 0.277 e. The molecule has 0 spiro atoms. The fourth-order valence-corrected chi connectivity index (χ4v) is 1.32. The fraction of sp³-hybridized carbons (Fsp3) is 0.889. The first-order valence-electron chi connectivity index (χ1n) is 4.65. The van der Waals surface area contributed by atoms with Crippen LogP contribution in [0.2, 0.25) is 0 Å². The van der Waals surface area contributed by atoms with Gasteiger partial charge in [-0.05, 0) is 0 Å². The van der Waals surface area contributed by atoms with Crippen molar-refractivity contribution in [2.75, 3.05) is 54.0 Å². The molecule has 5 heteroatoms. The molecule has 1 heterocycles. The zero-order valence-corrected chi connectivity index (χ0v) is 10.7. The number of hydrogen-bond donors (Lipinski definition) is 0. The van der Waals surface area contributed by atoms with Gasteiger partial charge in [-0.3, -0.25) is 4.79 Å². The average molecular weight is 267 g/mol. The Morgan fingerprint density at radius 1 is 1.29 bits per heavy atom. The Morgan fingerprint density at radius 2 is 1.79 bits per heavy atom. The maximum Gasteiger partial charge on any atom is 0.277 e. The third kappa shape index (κ3) is 4.93. The van der Waals surface area contributed by atoms with Gasteiger partial charge in [-0.2, -0.15) is 0 Å². The standard InChI is InChI=1S/C9H19N2O2.BrH/c1-11(2,3)8-9(12)10-4-6-13-7-5-10;/h4-8H2,1-3H3;1H/q+1;/p-1. The molecule has 1 fully saturated rings. The lowest BCUT2D eigenvalue weighted by Gasteiger charge is -2.30. The van der Waals surface area contributed by atoms with E-state index in [2.05, 4.69) is 0 Å². The Bertz CT molecular complexity index is 186. The Morgan fingerprint density at radius 3 is 2.21 bits per heavy atom. The fourth-order valence-electron chi connectivity index (χ4n) is 1.32. The number of amides is 1. The van der Waals surface area contributed by atoms with Crippen molar-refractivity contribution >= 4 is 5.91 Å². The van der Waals surface area contributed by atoms with Crippen molar-refractivity contribution in [3.63, 3.8) is 0 Å². The van der Waals surface area contributed by atoms with Gasteiger partial charge >= 0.3 is 0 Å². The van der Waals surface area contributed by atoms with E-state index in [0.29, 0.717) is 24.2 Å². The predicted octanol–water partition coefficient (Wildman–Crippen LogP) is -3.44. The van der Waals surface area contributed by atoms with Crippen LogP contribution in [0.5, 0.6) is 0 Å². The molecule has 0 unspecified atom stereocenters. The molecule has 0 saturated carbocycles. The Balaban J connectivity index is 0.00000169. The predicted molar refractivity (Wildman–Crippen MR) is 50.3 cm³/mol. The molecule has 0 radical (unpaired) electrons. The van der Waals surface area contributed by atoms with Crippen LogP contribution in [0, 0.1) is 0 Å². The molecule has 0 aliphatic carbocycles. The van der Waals surface area contributed by atoms with E-state index in [1.807, 2.05) is 26.0 Å². The summed E-state index contributed by atoms with van der Waals surface area (Å²) >= 11 is 0. The average Bonchev–Trinajstić information content (AvgIpc) is 2.03. The van der Waals surface area contributed by atoms with Gasteiger partial charge < -0.3 is 31.1 Å². The molecular formula is C9H19BrN2O2. The molecule has 84 valence electrons. The van der Waals surface area contributed by atoms with Gasteiger partial charge in [0.15, 0.2) is 6.54 Å².